The first-order valence-corrected chi connectivity index (χ1v) is 16.2. The Balaban J connectivity index is 1.05. The number of rotatable bonds is 11. The first-order chi connectivity index (χ1) is 21.8. The van der Waals surface area contributed by atoms with Crippen molar-refractivity contribution in [3.05, 3.63) is 65.9 Å². The SMILES string of the molecule is COC(CO)c1ccc(-c2ncc(-c3ccc(C(=O)NC[C@H]4C[C@@H](NC(=O)[C@@H]5C[C@H](F)CN5)CN4C(=O)C4CC4)cc3)s2)cc1. The van der Waals surface area contributed by atoms with Crippen molar-refractivity contribution in [3.8, 4) is 21.0 Å². The maximum atomic E-state index is 13.6. The lowest BCUT2D eigenvalue weighted by Crippen LogP contribution is -2.46. The lowest BCUT2D eigenvalue weighted by atomic mass is 10.1. The minimum Gasteiger partial charge on any atom is -0.393 e. The highest BCUT2D eigenvalue weighted by Gasteiger charge is 2.42. The second-order valence-electron chi connectivity index (χ2n) is 12.0. The van der Waals surface area contributed by atoms with E-state index in [9.17, 15) is 23.9 Å². The summed E-state index contributed by atoms with van der Waals surface area (Å²) in [5.41, 5.74) is 3.31. The number of ether oxygens (including phenoxy) is 1. The van der Waals surface area contributed by atoms with Crippen molar-refractivity contribution < 1.29 is 28.6 Å². The number of likely N-dealkylation sites (tertiary alicyclic amines) is 1. The molecule has 4 N–H and O–H groups in total. The molecule has 3 aromatic rings. The number of hydrogen-bond acceptors (Lipinski definition) is 8. The molecule has 0 spiro atoms. The topological polar surface area (TPSA) is 133 Å². The van der Waals surface area contributed by atoms with Crippen molar-refractivity contribution in [1.29, 1.82) is 0 Å². The van der Waals surface area contributed by atoms with Crippen LogP contribution in [0.2, 0.25) is 0 Å². The largest absolute Gasteiger partial charge is 0.393 e. The summed E-state index contributed by atoms with van der Waals surface area (Å²) in [5.74, 6) is -0.385. The summed E-state index contributed by atoms with van der Waals surface area (Å²) in [7, 11) is 1.57. The fourth-order valence-corrected chi connectivity index (χ4v) is 6.97. The number of carbonyl (C=O) groups is 3. The van der Waals surface area contributed by atoms with E-state index >= 15 is 0 Å². The van der Waals surface area contributed by atoms with Gasteiger partial charge in [-0.05, 0) is 42.5 Å². The van der Waals surface area contributed by atoms with Gasteiger partial charge in [0.15, 0.2) is 0 Å². The van der Waals surface area contributed by atoms with E-state index < -0.39 is 12.2 Å². The van der Waals surface area contributed by atoms with Gasteiger partial charge in [-0.3, -0.25) is 14.4 Å². The third-order valence-corrected chi connectivity index (χ3v) is 9.87. The molecule has 45 heavy (non-hydrogen) atoms. The van der Waals surface area contributed by atoms with Crippen LogP contribution in [0, 0.1) is 5.92 Å². The molecule has 3 heterocycles. The number of amides is 3. The summed E-state index contributed by atoms with van der Waals surface area (Å²) < 4.78 is 18.9. The summed E-state index contributed by atoms with van der Waals surface area (Å²) in [4.78, 5) is 46.1. The predicted octanol–water partition coefficient (Wildman–Crippen LogP) is 3.08. The third-order valence-electron chi connectivity index (χ3n) is 8.78. The van der Waals surface area contributed by atoms with Crippen LogP contribution in [0.3, 0.4) is 0 Å². The highest BCUT2D eigenvalue weighted by molar-refractivity contribution is 7.18. The van der Waals surface area contributed by atoms with Crippen molar-refractivity contribution in [2.75, 3.05) is 33.4 Å². The Hall–Kier alpha value is -3.71. The number of aliphatic hydroxyl groups is 1. The van der Waals surface area contributed by atoms with Gasteiger partial charge in [0.25, 0.3) is 5.91 Å². The summed E-state index contributed by atoms with van der Waals surface area (Å²) in [6, 6.07) is 14.1. The van der Waals surface area contributed by atoms with Crippen molar-refractivity contribution in [1.82, 2.24) is 25.8 Å². The van der Waals surface area contributed by atoms with Gasteiger partial charge in [0, 0.05) is 62.4 Å². The molecular weight excluding hydrogens is 597 g/mol. The fraction of sp³-hybridized carbons (Fsp3) is 0.455. The van der Waals surface area contributed by atoms with E-state index in [0.29, 0.717) is 18.5 Å². The third kappa shape index (κ3) is 7.25. The minimum absolute atomic E-state index is 0.0230. The number of benzene rings is 2. The molecule has 3 fully saturated rings. The van der Waals surface area contributed by atoms with E-state index in [1.807, 2.05) is 42.6 Å². The molecule has 0 radical (unpaired) electrons. The van der Waals surface area contributed by atoms with Gasteiger partial charge >= 0.3 is 0 Å². The van der Waals surface area contributed by atoms with Crippen LogP contribution in [-0.4, -0.2) is 90.4 Å². The molecule has 2 aromatic carbocycles. The molecule has 238 valence electrons. The van der Waals surface area contributed by atoms with Crippen LogP contribution in [0.25, 0.3) is 21.0 Å². The Morgan fingerprint density at radius 3 is 2.49 bits per heavy atom. The van der Waals surface area contributed by atoms with Crippen LogP contribution in [0.15, 0.2) is 54.7 Å². The predicted molar refractivity (Wildman–Crippen MR) is 168 cm³/mol. The number of aromatic nitrogens is 1. The number of thiazole rings is 1. The second-order valence-corrected chi connectivity index (χ2v) is 13.0. The van der Waals surface area contributed by atoms with E-state index in [1.54, 1.807) is 35.5 Å². The molecule has 10 nitrogen and oxygen atoms in total. The van der Waals surface area contributed by atoms with E-state index in [2.05, 4.69) is 20.9 Å². The quantitative estimate of drug-likeness (QED) is 0.255. The Labute approximate surface area is 265 Å². The second kappa shape index (κ2) is 13.7. The number of halogens is 1. The first kappa shape index (κ1) is 31.3. The Kier molecular flexibility index (Phi) is 9.55. The van der Waals surface area contributed by atoms with Gasteiger partial charge in [-0.25, -0.2) is 9.37 Å². The van der Waals surface area contributed by atoms with Crippen LogP contribution in [0.1, 0.15) is 47.7 Å². The molecule has 5 atom stereocenters. The highest BCUT2D eigenvalue weighted by atomic mass is 32.1. The number of methoxy groups -OCH3 is 1. The number of aliphatic hydroxyl groups excluding tert-OH is 1. The van der Waals surface area contributed by atoms with Crippen LogP contribution < -0.4 is 16.0 Å². The highest BCUT2D eigenvalue weighted by Crippen LogP contribution is 2.34. The van der Waals surface area contributed by atoms with Crippen LogP contribution in [0.4, 0.5) is 4.39 Å². The van der Waals surface area contributed by atoms with E-state index in [1.165, 1.54) is 0 Å². The molecule has 6 rings (SSSR count). The molecule has 0 bridgehead atoms. The normalized spacial score (nSPS) is 23.6. The van der Waals surface area contributed by atoms with Crippen LogP contribution in [-0.2, 0) is 14.3 Å². The summed E-state index contributed by atoms with van der Waals surface area (Å²) in [6.07, 6.45) is 2.85. The average Bonchev–Trinajstić information content (AvgIpc) is 3.41. The number of carbonyl (C=O) groups excluding carboxylic acids is 3. The Morgan fingerprint density at radius 2 is 1.84 bits per heavy atom. The molecular formula is C33H38FN5O5S. The Bertz CT molecular complexity index is 1510. The average molecular weight is 636 g/mol. The molecule has 1 unspecified atom stereocenters. The van der Waals surface area contributed by atoms with Gasteiger partial charge in [-0.15, -0.1) is 11.3 Å². The zero-order chi connectivity index (χ0) is 31.5. The van der Waals surface area contributed by atoms with Gasteiger partial charge < -0.3 is 30.7 Å². The van der Waals surface area contributed by atoms with Gasteiger partial charge in [-0.2, -0.15) is 0 Å². The number of alkyl halides is 1. The van der Waals surface area contributed by atoms with E-state index in [4.69, 9.17) is 4.74 Å². The van der Waals surface area contributed by atoms with Gasteiger partial charge in [0.1, 0.15) is 17.3 Å². The van der Waals surface area contributed by atoms with Crippen molar-refractivity contribution in [3.63, 3.8) is 0 Å². The molecule has 2 saturated heterocycles. The molecule has 1 aromatic heterocycles. The maximum absolute atomic E-state index is 13.6. The fourth-order valence-electron chi connectivity index (χ4n) is 6.04. The molecule has 1 saturated carbocycles. The molecule has 3 amide bonds. The number of nitrogens with one attached hydrogen (secondary N) is 3. The standard InChI is InChI=1S/C33H38FN5O5S/c1-44-28(18-40)19-2-8-22(9-3-19)32-37-16-29(45-32)20-4-6-21(7-5-20)30(41)36-15-26-13-25(17-39(26)33(43)23-10-11-23)38-31(42)27-12-24(34)14-35-27/h2-9,16,23-28,35,40H,10-15,17-18H2,1H3,(H,36,41)(H,38,42)/t24-,25+,26+,27-,28?/m0/s1. The van der Waals surface area contributed by atoms with Gasteiger partial charge in [0.05, 0.1) is 23.6 Å². The zero-order valence-electron chi connectivity index (χ0n) is 25.1. The zero-order valence-corrected chi connectivity index (χ0v) is 25.9. The maximum Gasteiger partial charge on any atom is 0.251 e. The smallest absolute Gasteiger partial charge is 0.251 e. The van der Waals surface area contributed by atoms with Crippen molar-refractivity contribution in [2.24, 2.45) is 5.92 Å². The van der Waals surface area contributed by atoms with Crippen molar-refractivity contribution in [2.45, 2.75) is 56.1 Å². The van der Waals surface area contributed by atoms with E-state index in [0.717, 1.165) is 39.4 Å². The molecule has 3 aliphatic rings. The summed E-state index contributed by atoms with van der Waals surface area (Å²) in [5, 5.41) is 19.2. The van der Waals surface area contributed by atoms with Gasteiger partial charge in [0.2, 0.25) is 11.8 Å². The van der Waals surface area contributed by atoms with Crippen LogP contribution >= 0.6 is 11.3 Å². The molecule has 1 aliphatic carbocycles. The van der Waals surface area contributed by atoms with Crippen LogP contribution in [0.5, 0.6) is 0 Å². The minimum atomic E-state index is -1.03. The lowest BCUT2D eigenvalue weighted by Gasteiger charge is -2.25. The lowest BCUT2D eigenvalue weighted by molar-refractivity contribution is -0.133. The van der Waals surface area contributed by atoms with Crippen molar-refractivity contribution >= 4 is 29.1 Å². The first-order valence-electron chi connectivity index (χ1n) is 15.4. The summed E-state index contributed by atoms with van der Waals surface area (Å²) >= 11 is 1.55. The summed E-state index contributed by atoms with van der Waals surface area (Å²) in [6.45, 7) is 0.749. The van der Waals surface area contributed by atoms with E-state index in [-0.39, 0.29) is 67.9 Å². The van der Waals surface area contributed by atoms with Gasteiger partial charge in [-0.1, -0.05) is 36.4 Å². The Morgan fingerprint density at radius 1 is 1.11 bits per heavy atom. The number of nitrogens with zero attached hydrogens (tertiary/aromatic N) is 2. The molecule has 12 heteroatoms. The molecule has 2 aliphatic heterocycles. The number of hydrogen-bond donors (Lipinski definition) is 4. The monoisotopic (exact) mass is 635 g/mol.